The van der Waals surface area contributed by atoms with E-state index in [1.165, 1.54) is 5.56 Å². The summed E-state index contributed by atoms with van der Waals surface area (Å²) < 4.78 is 18.3. The minimum absolute atomic E-state index is 0.0271. The van der Waals surface area contributed by atoms with E-state index in [4.69, 9.17) is 4.52 Å². The summed E-state index contributed by atoms with van der Waals surface area (Å²) in [5.74, 6) is 0.543. The van der Waals surface area contributed by atoms with Gasteiger partial charge in [0.15, 0.2) is 0 Å². The molecule has 1 aromatic rings. The lowest BCUT2D eigenvalue weighted by atomic mass is 9.91. The Balaban J connectivity index is 0.000000621. The third-order valence-electron chi connectivity index (χ3n) is 6.28. The molecule has 3 unspecified atom stereocenters. The summed E-state index contributed by atoms with van der Waals surface area (Å²) >= 11 is 0. The Bertz CT molecular complexity index is 727. The highest BCUT2D eigenvalue weighted by Crippen LogP contribution is 2.56. The summed E-state index contributed by atoms with van der Waals surface area (Å²) in [5, 5.41) is 0. The summed E-state index contributed by atoms with van der Waals surface area (Å²) in [7, 11) is 1.60. The first-order valence-corrected chi connectivity index (χ1v) is 14.5. The fourth-order valence-corrected chi connectivity index (χ4v) is 7.45. The molecular weight excluding hydrogens is 427 g/mol. The van der Waals surface area contributed by atoms with Crippen LogP contribution in [0.3, 0.4) is 0 Å². The van der Waals surface area contributed by atoms with Crippen molar-refractivity contribution in [2.24, 2.45) is 11.3 Å². The maximum atomic E-state index is 12.8. The van der Waals surface area contributed by atoms with Gasteiger partial charge in [0.1, 0.15) is 0 Å². The SMILES string of the molecule is CC(C)C(c1ccccc1)N(C)C(C)(C)C.CCOP(C)(=O)C(N(C)C(C)(C)C)C(C)(C)C. The highest BCUT2D eigenvalue weighted by atomic mass is 31.2. The second-order valence-electron chi connectivity index (χ2n) is 12.7. The van der Waals surface area contributed by atoms with Gasteiger partial charge in [0.05, 0.1) is 12.4 Å². The van der Waals surface area contributed by atoms with Gasteiger partial charge in [-0.1, -0.05) is 65.0 Å². The van der Waals surface area contributed by atoms with E-state index in [1.807, 2.05) is 14.0 Å². The van der Waals surface area contributed by atoms with Gasteiger partial charge in [0.25, 0.3) is 0 Å². The van der Waals surface area contributed by atoms with E-state index in [1.54, 1.807) is 6.66 Å². The van der Waals surface area contributed by atoms with Crippen molar-refractivity contribution in [1.82, 2.24) is 9.80 Å². The molecule has 0 aromatic heterocycles. The number of rotatable bonds is 7. The molecule has 0 amide bonds. The first kappa shape index (κ1) is 32.3. The van der Waals surface area contributed by atoms with Gasteiger partial charge in [-0.2, -0.15) is 0 Å². The molecule has 0 saturated heterocycles. The van der Waals surface area contributed by atoms with Crippen LogP contribution in [0.2, 0.25) is 0 Å². The summed E-state index contributed by atoms with van der Waals surface area (Å²) in [6.45, 7) is 28.3. The molecule has 0 radical (unpaired) electrons. The van der Waals surface area contributed by atoms with Crippen molar-refractivity contribution in [3.05, 3.63) is 35.9 Å². The molecule has 0 aliphatic carbocycles. The molecule has 0 bridgehead atoms. The largest absolute Gasteiger partial charge is 0.328 e. The summed E-state index contributed by atoms with van der Waals surface area (Å²) in [6.07, 6.45) is 0. The normalized spacial score (nSPS) is 16.9. The van der Waals surface area contributed by atoms with Gasteiger partial charge in [-0.3, -0.25) is 14.4 Å². The van der Waals surface area contributed by atoms with Crippen LogP contribution in [0.5, 0.6) is 0 Å². The Labute approximate surface area is 206 Å². The zero-order chi connectivity index (χ0) is 26.4. The maximum absolute atomic E-state index is 12.8. The van der Waals surface area contributed by atoms with Crippen molar-refractivity contribution < 1.29 is 9.09 Å². The Kier molecular flexibility index (Phi) is 12.1. The molecule has 194 valence electrons. The van der Waals surface area contributed by atoms with Gasteiger partial charge in [-0.15, -0.1) is 0 Å². The quantitative estimate of drug-likeness (QED) is 0.367. The highest BCUT2D eigenvalue weighted by molar-refractivity contribution is 7.58. The van der Waals surface area contributed by atoms with E-state index in [-0.39, 0.29) is 22.3 Å². The number of hydrogen-bond acceptors (Lipinski definition) is 4. The van der Waals surface area contributed by atoms with Crippen LogP contribution in [-0.4, -0.2) is 54.0 Å². The van der Waals surface area contributed by atoms with E-state index in [9.17, 15) is 4.57 Å². The minimum atomic E-state index is -2.65. The highest BCUT2D eigenvalue weighted by Gasteiger charge is 2.44. The monoisotopic (exact) mass is 482 g/mol. The molecule has 0 heterocycles. The smallest absolute Gasteiger partial charge is 0.217 e. The van der Waals surface area contributed by atoms with Crippen molar-refractivity contribution >= 4 is 7.37 Å². The van der Waals surface area contributed by atoms with Crippen molar-refractivity contribution in [2.75, 3.05) is 27.4 Å². The Morgan fingerprint density at radius 2 is 1.27 bits per heavy atom. The molecule has 0 aliphatic rings. The average Bonchev–Trinajstić information content (AvgIpc) is 2.59. The van der Waals surface area contributed by atoms with Crippen LogP contribution in [0.15, 0.2) is 30.3 Å². The summed E-state index contributed by atoms with van der Waals surface area (Å²) in [6, 6.07) is 11.3. The van der Waals surface area contributed by atoms with E-state index < -0.39 is 7.37 Å². The third-order valence-corrected chi connectivity index (χ3v) is 9.06. The summed E-state index contributed by atoms with van der Waals surface area (Å²) in [4.78, 5) is 4.65. The molecule has 33 heavy (non-hydrogen) atoms. The van der Waals surface area contributed by atoms with Crippen LogP contribution in [0.1, 0.15) is 94.7 Å². The lowest BCUT2D eigenvalue weighted by Gasteiger charge is -2.46. The van der Waals surface area contributed by atoms with Crippen molar-refractivity contribution in [3.8, 4) is 0 Å². The second kappa shape index (κ2) is 12.3. The Morgan fingerprint density at radius 1 is 0.848 bits per heavy atom. The first-order chi connectivity index (χ1) is 14.7. The van der Waals surface area contributed by atoms with Gasteiger partial charge in [-0.25, -0.2) is 0 Å². The molecule has 0 saturated carbocycles. The summed E-state index contributed by atoms with van der Waals surface area (Å²) in [5.41, 5.74) is 1.50. The molecule has 5 heteroatoms. The van der Waals surface area contributed by atoms with Gasteiger partial charge >= 0.3 is 0 Å². The topological polar surface area (TPSA) is 32.8 Å². The Morgan fingerprint density at radius 3 is 1.58 bits per heavy atom. The average molecular weight is 483 g/mol. The minimum Gasteiger partial charge on any atom is -0.328 e. The van der Waals surface area contributed by atoms with Crippen LogP contribution in [-0.2, 0) is 9.09 Å². The molecule has 0 N–H and O–H groups in total. The van der Waals surface area contributed by atoms with Crippen LogP contribution >= 0.6 is 7.37 Å². The second-order valence-corrected chi connectivity index (χ2v) is 15.3. The first-order valence-electron chi connectivity index (χ1n) is 12.4. The fraction of sp³-hybridized carbons (Fsp3) is 0.786. The number of hydrogen-bond donors (Lipinski definition) is 0. The lowest BCUT2D eigenvalue weighted by Crippen LogP contribution is -2.50. The zero-order valence-corrected chi connectivity index (χ0v) is 25.4. The van der Waals surface area contributed by atoms with Crippen molar-refractivity contribution in [3.63, 3.8) is 0 Å². The molecule has 3 atom stereocenters. The van der Waals surface area contributed by atoms with E-state index in [0.29, 0.717) is 18.6 Å². The lowest BCUT2D eigenvalue weighted by molar-refractivity contribution is 0.0840. The number of benzene rings is 1. The van der Waals surface area contributed by atoms with E-state index in [2.05, 4.69) is 123 Å². The molecular formula is C28H55N2O2P. The predicted molar refractivity (Wildman–Crippen MR) is 147 cm³/mol. The van der Waals surface area contributed by atoms with Gasteiger partial charge < -0.3 is 4.52 Å². The maximum Gasteiger partial charge on any atom is 0.217 e. The molecule has 0 fully saturated rings. The number of nitrogens with zero attached hydrogens (tertiary/aromatic N) is 2. The molecule has 1 aromatic carbocycles. The zero-order valence-electron chi connectivity index (χ0n) is 24.5. The van der Waals surface area contributed by atoms with Crippen LogP contribution < -0.4 is 0 Å². The van der Waals surface area contributed by atoms with Gasteiger partial charge in [0.2, 0.25) is 7.37 Å². The Hall–Kier alpha value is -0.670. The third kappa shape index (κ3) is 10.2. The predicted octanol–water partition coefficient (Wildman–Crippen LogP) is 8.15. The van der Waals surface area contributed by atoms with Gasteiger partial charge in [0, 0.05) is 23.8 Å². The van der Waals surface area contributed by atoms with Crippen LogP contribution in [0.25, 0.3) is 0 Å². The molecule has 0 spiro atoms. The van der Waals surface area contributed by atoms with Crippen molar-refractivity contribution in [1.29, 1.82) is 0 Å². The molecule has 0 aliphatic heterocycles. The fourth-order valence-electron chi connectivity index (χ4n) is 4.42. The van der Waals surface area contributed by atoms with Gasteiger partial charge in [-0.05, 0) is 79.5 Å². The molecule has 4 nitrogen and oxygen atoms in total. The standard InChI is InChI=1S/C15H25N.C13H30NO2P/c1-12(2)14(16(6)15(3,4)5)13-10-8-7-9-11-13;1-10-16-17(9,15)11(12(2,3)4)14(8)13(5,6)7/h7-12,14H,1-6H3;11H,10H2,1-9H3. The van der Waals surface area contributed by atoms with Crippen LogP contribution in [0.4, 0.5) is 0 Å². The van der Waals surface area contributed by atoms with Crippen LogP contribution in [0, 0.1) is 11.3 Å². The van der Waals surface area contributed by atoms with Crippen molar-refractivity contribution in [2.45, 2.75) is 106 Å². The molecule has 1 rings (SSSR count). The van der Waals surface area contributed by atoms with E-state index in [0.717, 1.165) is 0 Å². The van der Waals surface area contributed by atoms with E-state index >= 15 is 0 Å².